The van der Waals surface area contributed by atoms with E-state index in [1.54, 1.807) is 6.08 Å². The maximum atomic E-state index is 9.70. The van der Waals surface area contributed by atoms with Gasteiger partial charge in [-0.05, 0) is 24.3 Å². The third-order valence-electron chi connectivity index (χ3n) is 4.74. The number of benzene rings is 2. The standard InChI is InChI=1S/C22H21N3O3.ClH.H2O/c23-16-18(22-19-6-2-4-8-21(19)28-24-22)15-17-5-1-3-7-20(17)27-14-11-25-9-12-26-13-10-25;;/h1-8,15H,9-14H2;1H;1H2/b18-15+;;. The summed E-state index contributed by atoms with van der Waals surface area (Å²) in [6.45, 7) is 4.85. The van der Waals surface area contributed by atoms with Crippen molar-refractivity contribution in [3.63, 3.8) is 0 Å². The number of halogens is 1. The van der Waals surface area contributed by atoms with Crippen LogP contribution in [-0.2, 0) is 4.74 Å². The van der Waals surface area contributed by atoms with Crippen molar-refractivity contribution in [1.29, 1.82) is 5.26 Å². The Labute approximate surface area is 181 Å². The van der Waals surface area contributed by atoms with E-state index in [2.05, 4.69) is 16.1 Å². The highest BCUT2D eigenvalue weighted by atomic mass is 35.5. The van der Waals surface area contributed by atoms with E-state index >= 15 is 0 Å². The van der Waals surface area contributed by atoms with Crippen molar-refractivity contribution in [1.82, 2.24) is 10.1 Å². The van der Waals surface area contributed by atoms with Crippen molar-refractivity contribution in [3.05, 3.63) is 59.8 Å². The lowest BCUT2D eigenvalue weighted by atomic mass is 10.1. The number of para-hydroxylation sites is 2. The molecule has 1 saturated heterocycles. The van der Waals surface area contributed by atoms with Crippen LogP contribution in [-0.4, -0.2) is 55.0 Å². The summed E-state index contributed by atoms with van der Waals surface area (Å²) < 4.78 is 16.7. The largest absolute Gasteiger partial charge is 0.492 e. The number of aromatic nitrogens is 1. The fraction of sp³-hybridized carbons (Fsp3) is 0.273. The zero-order valence-corrected chi connectivity index (χ0v) is 17.2. The predicted octanol–water partition coefficient (Wildman–Crippen LogP) is 3.20. The average Bonchev–Trinajstić information content (AvgIpc) is 3.18. The Morgan fingerprint density at radius 2 is 1.87 bits per heavy atom. The molecule has 0 radical (unpaired) electrons. The van der Waals surface area contributed by atoms with Gasteiger partial charge in [-0.1, -0.05) is 35.5 Å². The number of nitrogens with zero attached hydrogens (tertiary/aromatic N) is 3. The quantitative estimate of drug-likeness (QED) is 0.557. The molecule has 0 saturated carbocycles. The molecule has 2 aromatic carbocycles. The van der Waals surface area contributed by atoms with Gasteiger partial charge in [0.2, 0.25) is 0 Å². The highest BCUT2D eigenvalue weighted by Crippen LogP contribution is 2.28. The van der Waals surface area contributed by atoms with Crippen molar-refractivity contribution in [2.24, 2.45) is 0 Å². The van der Waals surface area contributed by atoms with Crippen LogP contribution >= 0.6 is 12.4 Å². The highest BCUT2D eigenvalue weighted by molar-refractivity contribution is 5.99. The minimum Gasteiger partial charge on any atom is -0.492 e. The van der Waals surface area contributed by atoms with Crippen LogP contribution in [0.1, 0.15) is 11.3 Å². The van der Waals surface area contributed by atoms with Crippen molar-refractivity contribution in [2.45, 2.75) is 0 Å². The molecular weight excluding hydrogens is 406 g/mol. The molecule has 158 valence electrons. The number of rotatable bonds is 6. The number of allylic oxidation sites excluding steroid dienone is 1. The monoisotopic (exact) mass is 429 g/mol. The molecule has 1 aliphatic heterocycles. The van der Waals surface area contributed by atoms with Gasteiger partial charge in [0.1, 0.15) is 24.1 Å². The van der Waals surface area contributed by atoms with Gasteiger partial charge >= 0.3 is 0 Å². The van der Waals surface area contributed by atoms with Gasteiger partial charge in [-0.15, -0.1) is 12.4 Å². The zero-order chi connectivity index (χ0) is 19.2. The first-order valence-corrected chi connectivity index (χ1v) is 9.33. The van der Waals surface area contributed by atoms with Crippen LogP contribution in [0.5, 0.6) is 5.75 Å². The molecule has 0 aliphatic carbocycles. The Hall–Kier alpha value is -2.89. The highest BCUT2D eigenvalue weighted by Gasteiger charge is 2.14. The lowest BCUT2D eigenvalue weighted by molar-refractivity contribution is 0.0322. The van der Waals surface area contributed by atoms with Crippen LogP contribution in [0.3, 0.4) is 0 Å². The normalized spacial score (nSPS) is 14.4. The summed E-state index contributed by atoms with van der Waals surface area (Å²) in [5, 5.41) is 14.6. The minimum absolute atomic E-state index is 0. The lowest BCUT2D eigenvalue weighted by Gasteiger charge is -2.26. The smallest absolute Gasteiger partial charge is 0.167 e. The first kappa shape index (κ1) is 23.4. The van der Waals surface area contributed by atoms with E-state index in [0.717, 1.165) is 49.5 Å². The summed E-state index contributed by atoms with van der Waals surface area (Å²) >= 11 is 0. The second-order valence-corrected chi connectivity index (χ2v) is 6.54. The maximum absolute atomic E-state index is 9.70. The second-order valence-electron chi connectivity index (χ2n) is 6.54. The molecule has 7 nitrogen and oxygen atoms in total. The number of nitriles is 1. The molecule has 0 atom stereocenters. The van der Waals surface area contributed by atoms with Crippen molar-refractivity contribution in [3.8, 4) is 11.8 Å². The molecule has 0 unspecified atom stereocenters. The van der Waals surface area contributed by atoms with Crippen LogP contribution in [0, 0.1) is 11.3 Å². The van der Waals surface area contributed by atoms with Crippen LogP contribution in [0.2, 0.25) is 0 Å². The van der Waals surface area contributed by atoms with E-state index in [0.29, 0.717) is 23.5 Å². The van der Waals surface area contributed by atoms with Crippen LogP contribution in [0.4, 0.5) is 0 Å². The van der Waals surface area contributed by atoms with Gasteiger partial charge in [-0.3, -0.25) is 4.90 Å². The molecule has 1 fully saturated rings. The predicted molar refractivity (Wildman–Crippen MR) is 118 cm³/mol. The molecule has 4 rings (SSSR count). The number of hydrogen-bond acceptors (Lipinski definition) is 6. The molecular formula is C22H24ClN3O4. The third-order valence-corrected chi connectivity index (χ3v) is 4.74. The number of morpholine rings is 1. The van der Waals surface area contributed by atoms with E-state index in [9.17, 15) is 5.26 Å². The van der Waals surface area contributed by atoms with E-state index in [4.69, 9.17) is 14.0 Å². The molecule has 3 aromatic rings. The van der Waals surface area contributed by atoms with Gasteiger partial charge in [0, 0.05) is 25.2 Å². The summed E-state index contributed by atoms with van der Waals surface area (Å²) in [4.78, 5) is 2.32. The molecule has 0 spiro atoms. The number of hydrogen-bond donors (Lipinski definition) is 0. The molecule has 30 heavy (non-hydrogen) atoms. The van der Waals surface area contributed by atoms with Crippen LogP contribution in [0.25, 0.3) is 22.6 Å². The Bertz CT molecular complexity index is 1020. The third kappa shape index (κ3) is 5.38. The van der Waals surface area contributed by atoms with E-state index < -0.39 is 0 Å². The SMILES string of the molecule is Cl.N#C/C(=C\c1ccccc1OCCN1CCOCC1)c1noc2ccccc12.O. The summed E-state index contributed by atoms with van der Waals surface area (Å²) in [5.74, 6) is 0.747. The zero-order valence-electron chi connectivity index (χ0n) is 16.4. The summed E-state index contributed by atoms with van der Waals surface area (Å²) in [6, 6.07) is 17.5. The Morgan fingerprint density at radius 1 is 1.13 bits per heavy atom. The number of ether oxygens (including phenoxy) is 2. The summed E-state index contributed by atoms with van der Waals surface area (Å²) in [7, 11) is 0. The van der Waals surface area contributed by atoms with Gasteiger partial charge in [-0.2, -0.15) is 5.26 Å². The molecule has 1 aliphatic rings. The summed E-state index contributed by atoms with van der Waals surface area (Å²) in [6.07, 6.45) is 1.80. The van der Waals surface area contributed by atoms with Gasteiger partial charge in [0.05, 0.1) is 24.2 Å². The van der Waals surface area contributed by atoms with E-state index in [1.165, 1.54) is 0 Å². The molecule has 0 bridgehead atoms. The fourth-order valence-corrected chi connectivity index (χ4v) is 3.23. The lowest BCUT2D eigenvalue weighted by Crippen LogP contribution is -2.38. The Kier molecular flexibility index (Phi) is 8.84. The van der Waals surface area contributed by atoms with E-state index in [1.807, 2.05) is 48.5 Å². The fourth-order valence-electron chi connectivity index (χ4n) is 3.23. The second kappa shape index (κ2) is 11.3. The number of fused-ring (bicyclic) bond motifs is 1. The Morgan fingerprint density at radius 3 is 2.67 bits per heavy atom. The molecule has 2 heterocycles. The van der Waals surface area contributed by atoms with Gasteiger partial charge in [0.15, 0.2) is 5.58 Å². The summed E-state index contributed by atoms with van der Waals surface area (Å²) in [5.41, 5.74) is 2.48. The Balaban J connectivity index is 0.00000160. The first-order chi connectivity index (χ1) is 13.8. The van der Waals surface area contributed by atoms with E-state index in [-0.39, 0.29) is 17.9 Å². The molecule has 2 N–H and O–H groups in total. The first-order valence-electron chi connectivity index (χ1n) is 9.33. The minimum atomic E-state index is 0. The molecule has 1 aromatic heterocycles. The van der Waals surface area contributed by atoms with Gasteiger partial charge < -0.3 is 19.5 Å². The van der Waals surface area contributed by atoms with Gasteiger partial charge in [0.25, 0.3) is 0 Å². The van der Waals surface area contributed by atoms with Crippen molar-refractivity contribution < 1.29 is 19.5 Å². The topological polar surface area (TPSA) is 103 Å². The van der Waals surface area contributed by atoms with Gasteiger partial charge in [-0.25, -0.2) is 0 Å². The van der Waals surface area contributed by atoms with Crippen LogP contribution < -0.4 is 4.74 Å². The molecule has 8 heteroatoms. The molecule has 0 amide bonds. The van der Waals surface area contributed by atoms with Crippen LogP contribution in [0.15, 0.2) is 53.1 Å². The maximum Gasteiger partial charge on any atom is 0.167 e. The average molecular weight is 430 g/mol. The van der Waals surface area contributed by atoms with Crippen molar-refractivity contribution >= 4 is 35.0 Å². The van der Waals surface area contributed by atoms with Crippen molar-refractivity contribution in [2.75, 3.05) is 39.5 Å².